The molecule has 0 aliphatic heterocycles. The minimum atomic E-state index is -0.432. The van der Waals surface area contributed by atoms with E-state index in [2.05, 4.69) is 91.0 Å². The maximum atomic E-state index is 9.03. The molecule has 0 atom stereocenters. The van der Waals surface area contributed by atoms with Crippen LogP contribution in [0.1, 0.15) is 6.85 Å². The number of aromatic nitrogens is 2. The number of rotatable bonds is 4. The third kappa shape index (κ3) is 4.15. The van der Waals surface area contributed by atoms with Gasteiger partial charge >= 0.3 is 0 Å². The zero-order valence-corrected chi connectivity index (χ0v) is 26.4. The molecule has 0 radical (unpaired) electrons. The molecular weight excluding hydrogens is 601 g/mol. The van der Waals surface area contributed by atoms with Crippen LogP contribution in [0.5, 0.6) is 0 Å². The molecule has 0 saturated heterocycles. The van der Waals surface area contributed by atoms with Gasteiger partial charge in [-0.2, -0.15) is 0 Å². The zero-order chi connectivity index (χ0) is 36.0. The van der Waals surface area contributed by atoms with Crippen LogP contribution < -0.4 is 0 Å². The van der Waals surface area contributed by atoms with Crippen LogP contribution in [0.4, 0.5) is 0 Å². The molecule has 3 heteroatoms. The third-order valence-corrected chi connectivity index (χ3v) is 10.4. The lowest BCUT2D eigenvalue weighted by molar-refractivity contribution is 1.11. The smallest absolute Gasteiger partial charge is 0.146 e. The lowest BCUT2D eigenvalue weighted by atomic mass is 9.86. The molecule has 10 aromatic rings. The largest absolute Gasteiger partial charge is 0.292 e. The zero-order valence-electron chi connectivity index (χ0n) is 30.6. The van der Waals surface area contributed by atoms with Crippen LogP contribution >= 0.6 is 11.3 Å². The van der Waals surface area contributed by atoms with Crippen LogP contribution in [0, 0.1) is 0 Å². The Kier molecular flexibility index (Phi) is 5.04. The second-order valence-electron chi connectivity index (χ2n) is 12.0. The Morgan fingerprint density at radius 3 is 1.98 bits per heavy atom. The van der Waals surface area contributed by atoms with Crippen molar-refractivity contribution in [2.24, 2.45) is 0 Å². The molecule has 10 rings (SSSR count). The van der Waals surface area contributed by atoms with E-state index in [1.54, 1.807) is 15.9 Å². The van der Waals surface area contributed by atoms with Crippen LogP contribution in [0.25, 0.3) is 92.1 Å². The fourth-order valence-electron chi connectivity index (χ4n) is 7.20. The molecule has 0 spiro atoms. The van der Waals surface area contributed by atoms with Gasteiger partial charge in [0.05, 0.1) is 17.9 Å². The van der Waals surface area contributed by atoms with Gasteiger partial charge in [0.1, 0.15) is 5.82 Å². The van der Waals surface area contributed by atoms with E-state index >= 15 is 0 Å². The summed E-state index contributed by atoms with van der Waals surface area (Å²) in [5.74, 6) is 0.504. The van der Waals surface area contributed by atoms with Crippen LogP contribution in [0.15, 0.2) is 170 Å². The summed E-state index contributed by atoms with van der Waals surface area (Å²) in [5, 5.41) is 6.39. The monoisotopic (exact) mass is 633 g/mol. The van der Waals surface area contributed by atoms with E-state index in [0.29, 0.717) is 16.9 Å². The lowest BCUT2D eigenvalue weighted by Crippen LogP contribution is -1.99. The summed E-state index contributed by atoms with van der Waals surface area (Å²) in [6.07, 6.45) is 0. The number of thiophene rings is 1. The summed E-state index contributed by atoms with van der Waals surface area (Å²) in [4.78, 5) is 5.20. The molecular formula is C45H28N2S. The number of hydrogen-bond donors (Lipinski definition) is 0. The SMILES string of the molecule is [2H]c1c([2H])c([2H])c(-n2c(-c3c4ccccc4c(-c4ccc5sc6ccccc6c5c4)c4cc(-c5ccccc5)ccc34)nc3ccccc32)c([2H])c1[2H]. The third-order valence-electron chi connectivity index (χ3n) is 9.29. The highest BCUT2D eigenvalue weighted by molar-refractivity contribution is 7.25. The van der Waals surface area contributed by atoms with E-state index in [0.717, 1.165) is 49.4 Å². The van der Waals surface area contributed by atoms with Gasteiger partial charge in [-0.25, -0.2) is 4.98 Å². The van der Waals surface area contributed by atoms with Crippen molar-refractivity contribution in [1.82, 2.24) is 9.55 Å². The van der Waals surface area contributed by atoms with Crippen molar-refractivity contribution >= 4 is 64.1 Å². The number of nitrogens with zero attached hydrogens (tertiary/aromatic N) is 2. The molecule has 2 aromatic heterocycles. The molecule has 8 aromatic carbocycles. The van der Waals surface area contributed by atoms with Crippen LogP contribution in [-0.4, -0.2) is 9.55 Å². The van der Waals surface area contributed by atoms with Crippen LogP contribution in [0.2, 0.25) is 0 Å². The highest BCUT2D eigenvalue weighted by Crippen LogP contribution is 2.47. The summed E-state index contributed by atoms with van der Waals surface area (Å²) >= 11 is 1.80. The average Bonchev–Trinajstić information content (AvgIpc) is 3.77. The highest BCUT2D eigenvalue weighted by Gasteiger charge is 2.23. The molecule has 0 aliphatic rings. The predicted octanol–water partition coefficient (Wildman–Crippen LogP) is 12.7. The highest BCUT2D eigenvalue weighted by atomic mass is 32.1. The molecule has 0 saturated carbocycles. The molecule has 0 unspecified atom stereocenters. The molecule has 0 amide bonds. The van der Waals surface area contributed by atoms with Gasteiger partial charge in [-0.3, -0.25) is 4.57 Å². The normalized spacial score (nSPS) is 13.2. The van der Waals surface area contributed by atoms with Crippen molar-refractivity contribution in [1.29, 1.82) is 0 Å². The molecule has 48 heavy (non-hydrogen) atoms. The molecule has 2 nitrogen and oxygen atoms in total. The Morgan fingerprint density at radius 1 is 0.479 bits per heavy atom. The first-order valence-electron chi connectivity index (χ1n) is 18.4. The van der Waals surface area contributed by atoms with Gasteiger partial charge in [0.25, 0.3) is 0 Å². The Morgan fingerprint density at radius 2 is 1.12 bits per heavy atom. The van der Waals surface area contributed by atoms with Crippen molar-refractivity contribution in [3.8, 4) is 39.3 Å². The first-order chi connectivity index (χ1) is 25.9. The average molecular weight is 634 g/mol. The second kappa shape index (κ2) is 10.8. The fourth-order valence-corrected chi connectivity index (χ4v) is 8.28. The van der Waals surface area contributed by atoms with E-state index < -0.39 is 18.1 Å². The quantitative estimate of drug-likeness (QED) is 0.176. The van der Waals surface area contributed by atoms with E-state index in [-0.39, 0.29) is 17.8 Å². The van der Waals surface area contributed by atoms with Crippen molar-refractivity contribution in [2.45, 2.75) is 0 Å². The summed E-state index contributed by atoms with van der Waals surface area (Å²) in [6, 6.07) is 46.3. The Hall–Kier alpha value is -6.03. The number of para-hydroxylation sites is 3. The molecule has 0 bridgehead atoms. The van der Waals surface area contributed by atoms with E-state index in [1.807, 2.05) is 48.5 Å². The minimum absolute atomic E-state index is 0.0664. The summed E-state index contributed by atoms with van der Waals surface area (Å²) in [6.45, 7) is 0. The number of hydrogen-bond acceptors (Lipinski definition) is 2. The van der Waals surface area contributed by atoms with Gasteiger partial charge in [-0.15, -0.1) is 11.3 Å². The maximum Gasteiger partial charge on any atom is 0.146 e. The second-order valence-corrected chi connectivity index (χ2v) is 13.0. The van der Waals surface area contributed by atoms with Crippen molar-refractivity contribution in [3.05, 3.63) is 170 Å². The van der Waals surface area contributed by atoms with E-state index in [9.17, 15) is 0 Å². The van der Waals surface area contributed by atoms with Crippen molar-refractivity contribution < 1.29 is 6.85 Å². The van der Waals surface area contributed by atoms with E-state index in [1.165, 1.54) is 20.2 Å². The number of imidazole rings is 1. The van der Waals surface area contributed by atoms with Gasteiger partial charge < -0.3 is 0 Å². The number of fused-ring (bicyclic) bond motifs is 6. The maximum absolute atomic E-state index is 9.03. The molecule has 0 aliphatic carbocycles. The van der Waals surface area contributed by atoms with Crippen molar-refractivity contribution in [3.63, 3.8) is 0 Å². The minimum Gasteiger partial charge on any atom is -0.292 e. The Bertz CT molecular complexity index is 3100. The Balaban J connectivity index is 1.37. The molecule has 2 heterocycles. The van der Waals surface area contributed by atoms with Crippen LogP contribution in [0.3, 0.4) is 0 Å². The fraction of sp³-hybridized carbons (Fsp3) is 0. The lowest BCUT2D eigenvalue weighted by Gasteiger charge is -2.19. The first kappa shape index (κ1) is 22.5. The molecule has 0 fully saturated rings. The first-order valence-corrected chi connectivity index (χ1v) is 16.7. The Labute approximate surface area is 288 Å². The van der Waals surface area contributed by atoms with Crippen LogP contribution in [-0.2, 0) is 0 Å². The predicted molar refractivity (Wildman–Crippen MR) is 205 cm³/mol. The van der Waals surface area contributed by atoms with E-state index in [4.69, 9.17) is 11.8 Å². The van der Waals surface area contributed by atoms with Gasteiger partial charge in [0, 0.05) is 31.4 Å². The summed E-state index contributed by atoms with van der Waals surface area (Å²) < 4.78 is 47.8. The van der Waals surface area contributed by atoms with Gasteiger partial charge in [-0.1, -0.05) is 121 Å². The van der Waals surface area contributed by atoms with Gasteiger partial charge in [-0.05, 0) is 92.3 Å². The van der Waals surface area contributed by atoms with Crippen molar-refractivity contribution in [2.75, 3.05) is 0 Å². The van der Waals surface area contributed by atoms with Gasteiger partial charge in [0.2, 0.25) is 0 Å². The summed E-state index contributed by atoms with van der Waals surface area (Å²) in [5.41, 5.74) is 6.56. The molecule has 224 valence electrons. The standard InChI is InChI=1S/C45H28N2S/c1-3-13-29(14-4-1)30-23-25-36-38(27-30)43(31-24-26-42-37(28-31)33-17-9-12-22-41(33)48-42)34-18-7-8-19-35(34)44(36)45-46-39-20-10-11-21-40(39)47(45)32-15-5-2-6-16-32/h1-28H/i2D,5D,6D,15D,16D. The molecule has 0 N–H and O–H groups in total. The topological polar surface area (TPSA) is 17.8 Å². The van der Waals surface area contributed by atoms with Gasteiger partial charge in [0.15, 0.2) is 0 Å². The summed E-state index contributed by atoms with van der Waals surface area (Å²) in [7, 11) is 0. The number of benzene rings is 8.